The van der Waals surface area contributed by atoms with E-state index in [1.165, 1.54) is 23.5 Å². The predicted octanol–water partition coefficient (Wildman–Crippen LogP) is 0.724. The van der Waals surface area contributed by atoms with Gasteiger partial charge in [0.2, 0.25) is 10.0 Å². The molecule has 0 spiro atoms. The molecule has 0 aromatic heterocycles. The quantitative estimate of drug-likeness (QED) is 0.881. The lowest BCUT2D eigenvalue weighted by Crippen LogP contribution is -2.40. The number of nitrogens with zero attached hydrogens (tertiary/aromatic N) is 1. The molecule has 0 saturated heterocycles. The molecule has 0 radical (unpaired) electrons. The second kappa shape index (κ2) is 5.18. The maximum atomic E-state index is 12.1. The van der Waals surface area contributed by atoms with Crippen LogP contribution < -0.4 is 4.31 Å². The summed E-state index contributed by atoms with van der Waals surface area (Å²) in [4.78, 5) is 11.0. The molecular formula is C12H15NO5S. The second-order valence-corrected chi connectivity index (χ2v) is 6.29. The van der Waals surface area contributed by atoms with Crippen LogP contribution in [0.25, 0.3) is 0 Å². The maximum absolute atomic E-state index is 12.1. The molecular weight excluding hydrogens is 270 g/mol. The lowest BCUT2D eigenvalue weighted by molar-refractivity contribution is 0.0697. The zero-order valence-corrected chi connectivity index (χ0v) is 11.3. The van der Waals surface area contributed by atoms with E-state index >= 15 is 0 Å². The minimum Gasteiger partial charge on any atom is -0.478 e. The van der Waals surface area contributed by atoms with Gasteiger partial charge < -0.3 is 9.84 Å². The summed E-state index contributed by atoms with van der Waals surface area (Å²) in [6, 6.07) is 4.57. The molecule has 1 aliphatic heterocycles. The summed E-state index contributed by atoms with van der Waals surface area (Å²) in [6.07, 6.45) is 0.404. The number of hydrogen-bond acceptors (Lipinski definition) is 4. The van der Waals surface area contributed by atoms with E-state index in [1.54, 1.807) is 6.07 Å². The fourth-order valence-electron chi connectivity index (χ4n) is 2.07. The Hall–Kier alpha value is -1.60. The van der Waals surface area contributed by atoms with Gasteiger partial charge in [-0.2, -0.15) is 0 Å². The van der Waals surface area contributed by atoms with Gasteiger partial charge in [0.15, 0.2) is 0 Å². The molecule has 1 aliphatic rings. The predicted molar refractivity (Wildman–Crippen MR) is 70.1 cm³/mol. The molecule has 1 heterocycles. The summed E-state index contributed by atoms with van der Waals surface area (Å²) < 4.78 is 30.3. The van der Waals surface area contributed by atoms with E-state index in [1.807, 2.05) is 0 Å². The van der Waals surface area contributed by atoms with Crippen LogP contribution >= 0.6 is 0 Å². The fourth-order valence-corrected chi connectivity index (χ4v) is 3.59. The van der Waals surface area contributed by atoms with E-state index in [2.05, 4.69) is 0 Å². The van der Waals surface area contributed by atoms with E-state index in [0.717, 1.165) is 5.56 Å². The normalized spacial score (nSPS) is 17.0. The summed E-state index contributed by atoms with van der Waals surface area (Å²) in [7, 11) is -1.90. The Morgan fingerprint density at radius 2 is 2.21 bits per heavy atom. The van der Waals surface area contributed by atoms with E-state index in [9.17, 15) is 13.2 Å². The lowest BCUT2D eigenvalue weighted by Gasteiger charge is -2.30. The molecule has 19 heavy (non-hydrogen) atoms. The highest BCUT2D eigenvalue weighted by Crippen LogP contribution is 2.30. The number of aryl methyl sites for hydroxylation is 1. The van der Waals surface area contributed by atoms with Crippen molar-refractivity contribution in [1.82, 2.24) is 0 Å². The van der Waals surface area contributed by atoms with Gasteiger partial charge in [0.1, 0.15) is 0 Å². The van der Waals surface area contributed by atoms with Crippen molar-refractivity contribution >= 4 is 21.7 Å². The average molecular weight is 285 g/mol. The summed E-state index contributed by atoms with van der Waals surface area (Å²) in [5.74, 6) is -1.03. The highest BCUT2D eigenvalue weighted by molar-refractivity contribution is 7.92. The summed E-state index contributed by atoms with van der Waals surface area (Å²) in [5, 5.41) is 8.99. The zero-order valence-electron chi connectivity index (χ0n) is 10.5. The third kappa shape index (κ3) is 2.71. The SMILES string of the molecule is COCCN1c2cc(C(=O)O)ccc2CCS1(=O)=O. The second-order valence-electron chi connectivity index (χ2n) is 4.28. The molecule has 1 N–H and O–H groups in total. The molecule has 0 atom stereocenters. The van der Waals surface area contributed by atoms with Gasteiger partial charge in [0.25, 0.3) is 0 Å². The third-order valence-electron chi connectivity index (χ3n) is 3.06. The zero-order chi connectivity index (χ0) is 14.0. The van der Waals surface area contributed by atoms with Gasteiger partial charge in [-0.3, -0.25) is 4.31 Å². The molecule has 0 amide bonds. The Morgan fingerprint density at radius 1 is 1.47 bits per heavy atom. The molecule has 104 valence electrons. The third-order valence-corrected chi connectivity index (χ3v) is 4.84. The highest BCUT2D eigenvalue weighted by atomic mass is 32.2. The molecule has 2 rings (SSSR count). The fraction of sp³-hybridized carbons (Fsp3) is 0.417. The van der Waals surface area contributed by atoms with Crippen LogP contribution in [0.3, 0.4) is 0 Å². The van der Waals surface area contributed by atoms with E-state index in [-0.39, 0.29) is 24.5 Å². The number of benzene rings is 1. The molecule has 1 aromatic carbocycles. The molecule has 0 aliphatic carbocycles. The smallest absolute Gasteiger partial charge is 0.335 e. The number of carboxylic acids is 1. The molecule has 6 nitrogen and oxygen atoms in total. The Morgan fingerprint density at radius 3 is 2.84 bits per heavy atom. The Bertz CT molecular complexity index is 596. The van der Waals surface area contributed by atoms with Crippen molar-refractivity contribution in [2.24, 2.45) is 0 Å². The van der Waals surface area contributed by atoms with Crippen LogP contribution in [0.2, 0.25) is 0 Å². The first-order chi connectivity index (χ1) is 8.95. The van der Waals surface area contributed by atoms with Gasteiger partial charge in [-0.25, -0.2) is 13.2 Å². The van der Waals surface area contributed by atoms with Crippen LogP contribution in [0.5, 0.6) is 0 Å². The number of fused-ring (bicyclic) bond motifs is 1. The average Bonchev–Trinajstić information content (AvgIpc) is 2.36. The van der Waals surface area contributed by atoms with Gasteiger partial charge in [-0.1, -0.05) is 6.07 Å². The number of sulfonamides is 1. The molecule has 0 fully saturated rings. The number of anilines is 1. The van der Waals surface area contributed by atoms with Crippen molar-refractivity contribution in [3.05, 3.63) is 29.3 Å². The lowest BCUT2D eigenvalue weighted by atomic mass is 10.1. The first-order valence-electron chi connectivity index (χ1n) is 5.81. The number of methoxy groups -OCH3 is 1. The van der Waals surface area contributed by atoms with E-state index in [4.69, 9.17) is 9.84 Å². The Labute approximate surface area is 111 Å². The number of carbonyl (C=O) groups is 1. The summed E-state index contributed by atoms with van der Waals surface area (Å²) in [6.45, 7) is 0.449. The first kappa shape index (κ1) is 13.8. The topological polar surface area (TPSA) is 83.9 Å². The minimum absolute atomic E-state index is 0.0378. The van der Waals surface area contributed by atoms with E-state index < -0.39 is 16.0 Å². The van der Waals surface area contributed by atoms with Crippen LogP contribution in [0.1, 0.15) is 15.9 Å². The van der Waals surface area contributed by atoms with Crippen molar-refractivity contribution in [3.8, 4) is 0 Å². The maximum Gasteiger partial charge on any atom is 0.335 e. The number of carboxylic acid groups (broad SMARTS) is 1. The largest absolute Gasteiger partial charge is 0.478 e. The van der Waals surface area contributed by atoms with Gasteiger partial charge in [0.05, 0.1) is 30.2 Å². The monoisotopic (exact) mass is 285 g/mol. The Kier molecular flexibility index (Phi) is 3.77. The first-order valence-corrected chi connectivity index (χ1v) is 7.42. The van der Waals surface area contributed by atoms with Gasteiger partial charge in [-0.05, 0) is 24.1 Å². The minimum atomic E-state index is -3.39. The molecule has 0 saturated carbocycles. The Balaban J connectivity index is 2.47. The molecule has 0 unspecified atom stereocenters. The van der Waals surface area contributed by atoms with Crippen LogP contribution in [0.15, 0.2) is 18.2 Å². The van der Waals surface area contributed by atoms with Crippen LogP contribution in [-0.2, 0) is 21.2 Å². The van der Waals surface area contributed by atoms with Crippen molar-refractivity contribution < 1.29 is 23.1 Å². The van der Waals surface area contributed by atoms with E-state index in [0.29, 0.717) is 12.1 Å². The summed E-state index contributed by atoms with van der Waals surface area (Å²) in [5.41, 5.74) is 1.37. The van der Waals surface area contributed by atoms with Crippen LogP contribution in [0, 0.1) is 0 Å². The van der Waals surface area contributed by atoms with Crippen LogP contribution in [0.4, 0.5) is 5.69 Å². The van der Waals surface area contributed by atoms with Crippen molar-refractivity contribution in [3.63, 3.8) is 0 Å². The molecule has 1 aromatic rings. The van der Waals surface area contributed by atoms with Gasteiger partial charge in [-0.15, -0.1) is 0 Å². The van der Waals surface area contributed by atoms with Gasteiger partial charge >= 0.3 is 5.97 Å². The molecule has 0 bridgehead atoms. The number of hydrogen-bond donors (Lipinski definition) is 1. The number of aromatic carboxylic acids is 1. The van der Waals surface area contributed by atoms with Crippen LogP contribution in [-0.4, -0.2) is 45.5 Å². The standard InChI is InChI=1S/C12H15NO5S/c1-18-6-5-13-11-8-10(12(14)15)3-2-9(11)4-7-19(13,16)17/h2-3,8H,4-7H2,1H3,(H,14,15). The van der Waals surface area contributed by atoms with Gasteiger partial charge in [0, 0.05) is 7.11 Å². The number of rotatable bonds is 4. The number of ether oxygens (including phenoxy) is 1. The van der Waals surface area contributed by atoms with Crippen molar-refractivity contribution in [2.45, 2.75) is 6.42 Å². The van der Waals surface area contributed by atoms with Crippen molar-refractivity contribution in [2.75, 3.05) is 30.3 Å². The molecule has 7 heteroatoms. The summed E-state index contributed by atoms with van der Waals surface area (Å²) >= 11 is 0. The van der Waals surface area contributed by atoms with Crippen molar-refractivity contribution in [1.29, 1.82) is 0 Å². The highest BCUT2D eigenvalue weighted by Gasteiger charge is 2.29.